The van der Waals surface area contributed by atoms with Crippen molar-refractivity contribution in [3.05, 3.63) is 12.2 Å². The standard InChI is InChI=1S/C20H39NO5Si/c1-8-19(6,26-17(22)16(4)5)12-14-24-20(7,9-2)18(23)21-13-11-15-27-25-10-3/h4,8-15,27H2,1-3,5-7H3,(H,21,23). The van der Waals surface area contributed by atoms with Crippen LogP contribution in [0.1, 0.15) is 67.2 Å². The molecule has 158 valence electrons. The molecule has 2 unspecified atom stereocenters. The molecule has 0 bridgehead atoms. The molecule has 0 saturated heterocycles. The molecular weight excluding hydrogens is 362 g/mol. The number of carbonyl (C=O) groups is 2. The van der Waals surface area contributed by atoms with E-state index in [4.69, 9.17) is 13.9 Å². The lowest BCUT2D eigenvalue weighted by molar-refractivity contribution is -0.160. The van der Waals surface area contributed by atoms with E-state index in [0.717, 1.165) is 19.1 Å². The predicted molar refractivity (Wildman–Crippen MR) is 111 cm³/mol. The van der Waals surface area contributed by atoms with Crippen molar-refractivity contribution in [2.45, 2.75) is 84.5 Å². The summed E-state index contributed by atoms with van der Waals surface area (Å²) in [6, 6.07) is 1.06. The van der Waals surface area contributed by atoms with Crippen LogP contribution in [-0.2, 0) is 23.5 Å². The average Bonchev–Trinajstić information content (AvgIpc) is 2.63. The van der Waals surface area contributed by atoms with Crippen molar-refractivity contribution >= 4 is 21.6 Å². The molecule has 0 aliphatic heterocycles. The van der Waals surface area contributed by atoms with Crippen LogP contribution in [0.2, 0.25) is 6.04 Å². The van der Waals surface area contributed by atoms with Gasteiger partial charge in [-0.15, -0.1) is 0 Å². The van der Waals surface area contributed by atoms with E-state index in [0.29, 0.717) is 38.0 Å². The van der Waals surface area contributed by atoms with Crippen molar-refractivity contribution < 1.29 is 23.5 Å². The maximum absolute atomic E-state index is 12.5. The zero-order valence-electron chi connectivity index (χ0n) is 18.1. The van der Waals surface area contributed by atoms with Gasteiger partial charge in [0.25, 0.3) is 5.91 Å². The fourth-order valence-electron chi connectivity index (χ4n) is 2.29. The van der Waals surface area contributed by atoms with E-state index in [1.165, 1.54) is 0 Å². The number of carbonyl (C=O) groups excluding carboxylic acids is 2. The van der Waals surface area contributed by atoms with Crippen LogP contribution < -0.4 is 5.32 Å². The Labute approximate surface area is 167 Å². The lowest BCUT2D eigenvalue weighted by Gasteiger charge is -2.32. The van der Waals surface area contributed by atoms with Crippen LogP contribution in [0, 0.1) is 0 Å². The quantitative estimate of drug-likeness (QED) is 0.198. The fraction of sp³-hybridized carbons (Fsp3) is 0.800. The number of nitrogens with one attached hydrogen (secondary N) is 1. The molecule has 7 heteroatoms. The molecule has 0 aromatic heterocycles. The van der Waals surface area contributed by atoms with Gasteiger partial charge in [0.1, 0.15) is 11.2 Å². The molecular formula is C20H39NO5Si. The minimum atomic E-state index is -0.885. The first-order chi connectivity index (χ1) is 12.6. The highest BCUT2D eigenvalue weighted by Crippen LogP contribution is 2.24. The molecule has 1 N–H and O–H groups in total. The average molecular weight is 402 g/mol. The molecule has 0 aromatic rings. The van der Waals surface area contributed by atoms with Gasteiger partial charge in [-0.25, -0.2) is 4.79 Å². The van der Waals surface area contributed by atoms with Gasteiger partial charge in [-0.05, 0) is 53.0 Å². The third-order valence-electron chi connectivity index (χ3n) is 4.85. The Morgan fingerprint density at radius 1 is 1.15 bits per heavy atom. The second-order valence-electron chi connectivity index (χ2n) is 7.32. The summed E-state index contributed by atoms with van der Waals surface area (Å²) < 4.78 is 16.9. The van der Waals surface area contributed by atoms with Crippen molar-refractivity contribution in [3.8, 4) is 0 Å². The van der Waals surface area contributed by atoms with Crippen molar-refractivity contribution in [2.24, 2.45) is 0 Å². The summed E-state index contributed by atoms with van der Waals surface area (Å²) in [6.45, 7) is 16.6. The SMILES string of the molecule is C=C(C)C(=O)OC(C)(CC)CCOC(C)(CC)C(=O)NCCC[SiH2]OCC. The summed E-state index contributed by atoms with van der Waals surface area (Å²) in [5, 5.41) is 2.97. The molecule has 0 heterocycles. The van der Waals surface area contributed by atoms with Crippen molar-refractivity contribution in [1.29, 1.82) is 0 Å². The first-order valence-corrected chi connectivity index (χ1v) is 11.6. The molecule has 1 amide bonds. The lowest BCUT2D eigenvalue weighted by atomic mass is 9.98. The summed E-state index contributed by atoms with van der Waals surface area (Å²) in [7, 11) is -0.451. The Hall–Kier alpha value is -1.18. The Morgan fingerprint density at radius 3 is 2.33 bits per heavy atom. The van der Waals surface area contributed by atoms with Crippen LogP contribution in [-0.4, -0.2) is 52.6 Å². The summed E-state index contributed by atoms with van der Waals surface area (Å²) >= 11 is 0. The van der Waals surface area contributed by atoms with Crippen molar-refractivity contribution in [2.75, 3.05) is 19.8 Å². The van der Waals surface area contributed by atoms with E-state index in [2.05, 4.69) is 11.9 Å². The van der Waals surface area contributed by atoms with Crippen LogP contribution in [0.25, 0.3) is 0 Å². The Balaban J connectivity index is 4.47. The van der Waals surface area contributed by atoms with E-state index in [9.17, 15) is 9.59 Å². The van der Waals surface area contributed by atoms with Crippen LogP contribution in [0.4, 0.5) is 0 Å². The molecule has 0 rings (SSSR count). The molecule has 27 heavy (non-hydrogen) atoms. The summed E-state index contributed by atoms with van der Waals surface area (Å²) in [6.07, 6.45) is 2.68. The fourth-order valence-corrected chi connectivity index (χ4v) is 3.24. The van der Waals surface area contributed by atoms with E-state index in [1.54, 1.807) is 13.8 Å². The van der Waals surface area contributed by atoms with Gasteiger partial charge in [-0.3, -0.25) is 4.79 Å². The second kappa shape index (κ2) is 13.1. The predicted octanol–water partition coefficient (Wildman–Crippen LogP) is 2.89. The zero-order valence-corrected chi connectivity index (χ0v) is 19.5. The molecule has 0 fully saturated rings. The molecule has 6 nitrogen and oxygen atoms in total. The van der Waals surface area contributed by atoms with Gasteiger partial charge in [0.2, 0.25) is 0 Å². The maximum atomic E-state index is 12.5. The maximum Gasteiger partial charge on any atom is 0.333 e. The van der Waals surface area contributed by atoms with Gasteiger partial charge >= 0.3 is 5.97 Å². The van der Waals surface area contributed by atoms with Gasteiger partial charge in [0, 0.05) is 25.1 Å². The third-order valence-corrected chi connectivity index (χ3v) is 6.33. The number of amides is 1. The second-order valence-corrected chi connectivity index (χ2v) is 8.84. The van der Waals surface area contributed by atoms with E-state index >= 15 is 0 Å². The highest BCUT2D eigenvalue weighted by Gasteiger charge is 2.34. The van der Waals surface area contributed by atoms with Crippen LogP contribution >= 0.6 is 0 Å². The molecule has 0 spiro atoms. The minimum absolute atomic E-state index is 0.0970. The van der Waals surface area contributed by atoms with Crippen LogP contribution in [0.5, 0.6) is 0 Å². The molecule has 0 aliphatic rings. The number of hydrogen-bond donors (Lipinski definition) is 1. The number of hydrogen-bond acceptors (Lipinski definition) is 5. The van der Waals surface area contributed by atoms with Crippen molar-refractivity contribution in [3.63, 3.8) is 0 Å². The van der Waals surface area contributed by atoms with E-state index < -0.39 is 26.9 Å². The Morgan fingerprint density at radius 2 is 1.81 bits per heavy atom. The first kappa shape index (κ1) is 25.8. The summed E-state index contributed by atoms with van der Waals surface area (Å²) in [5.74, 6) is -0.494. The van der Waals surface area contributed by atoms with Crippen LogP contribution in [0.3, 0.4) is 0 Å². The van der Waals surface area contributed by atoms with Gasteiger partial charge in [0.15, 0.2) is 9.76 Å². The topological polar surface area (TPSA) is 73.9 Å². The summed E-state index contributed by atoms with van der Waals surface area (Å²) in [5.41, 5.74) is -1.14. The third kappa shape index (κ3) is 10.1. The van der Waals surface area contributed by atoms with Gasteiger partial charge in [-0.1, -0.05) is 20.4 Å². The van der Waals surface area contributed by atoms with E-state index in [-0.39, 0.29) is 5.91 Å². The number of ether oxygens (including phenoxy) is 2. The first-order valence-electron chi connectivity index (χ1n) is 10.0. The summed E-state index contributed by atoms with van der Waals surface area (Å²) in [4.78, 5) is 24.3. The zero-order chi connectivity index (χ0) is 20.9. The normalized spacial score (nSPS) is 15.9. The highest BCUT2D eigenvalue weighted by molar-refractivity contribution is 6.26. The monoisotopic (exact) mass is 401 g/mol. The number of rotatable bonds is 15. The number of esters is 1. The van der Waals surface area contributed by atoms with Crippen LogP contribution in [0.15, 0.2) is 12.2 Å². The van der Waals surface area contributed by atoms with Gasteiger partial charge < -0.3 is 19.2 Å². The Kier molecular flexibility index (Phi) is 12.5. The highest BCUT2D eigenvalue weighted by atomic mass is 28.2. The van der Waals surface area contributed by atoms with Gasteiger partial charge in [-0.2, -0.15) is 0 Å². The Bertz CT molecular complexity index is 485. The van der Waals surface area contributed by atoms with Gasteiger partial charge in [0.05, 0.1) is 6.61 Å². The minimum Gasteiger partial charge on any atom is -0.456 e. The lowest BCUT2D eigenvalue weighted by Crippen LogP contribution is -2.47. The molecule has 2 atom stereocenters. The molecule has 0 aliphatic carbocycles. The molecule has 0 saturated carbocycles. The largest absolute Gasteiger partial charge is 0.456 e. The smallest absolute Gasteiger partial charge is 0.333 e. The van der Waals surface area contributed by atoms with Crippen molar-refractivity contribution in [1.82, 2.24) is 5.32 Å². The molecule has 0 radical (unpaired) electrons. The molecule has 0 aromatic carbocycles. The van der Waals surface area contributed by atoms with E-state index in [1.807, 2.05) is 27.7 Å².